The van der Waals surface area contributed by atoms with Crippen LogP contribution in [0, 0.1) is 5.41 Å². The summed E-state index contributed by atoms with van der Waals surface area (Å²) >= 11 is 0. The van der Waals surface area contributed by atoms with E-state index in [-0.39, 0.29) is 17.9 Å². The largest absolute Gasteiger partial charge is 0.497 e. The molecule has 1 aromatic rings. The van der Waals surface area contributed by atoms with Crippen LogP contribution in [0.3, 0.4) is 0 Å². The lowest BCUT2D eigenvalue weighted by molar-refractivity contribution is -0.144. The summed E-state index contributed by atoms with van der Waals surface area (Å²) in [4.78, 5) is 30.3. The second-order valence-corrected chi connectivity index (χ2v) is 8.72. The van der Waals surface area contributed by atoms with Gasteiger partial charge in [-0.3, -0.25) is 9.59 Å². The number of amides is 2. The molecule has 2 amide bonds. The molecule has 0 aromatic heterocycles. The van der Waals surface area contributed by atoms with Gasteiger partial charge in [-0.1, -0.05) is 25.7 Å². The molecule has 0 unspecified atom stereocenters. The van der Waals surface area contributed by atoms with Crippen molar-refractivity contribution in [3.8, 4) is 5.75 Å². The number of hydrogen-bond donors (Lipinski definition) is 1. The highest BCUT2D eigenvalue weighted by molar-refractivity contribution is 6.08. The van der Waals surface area contributed by atoms with Crippen molar-refractivity contribution in [2.24, 2.45) is 5.41 Å². The average Bonchev–Trinajstić information content (AvgIpc) is 3.59. The first kappa shape index (κ1) is 20.0. The third kappa shape index (κ3) is 4.36. The molecule has 3 aliphatic rings. The monoisotopic (exact) mass is 399 g/mol. The van der Waals surface area contributed by atoms with E-state index in [2.05, 4.69) is 22.3 Å². The minimum atomic E-state index is -0.783. The Balaban J connectivity index is 1.32. The van der Waals surface area contributed by atoms with E-state index in [9.17, 15) is 9.59 Å². The molecular weight excluding hydrogens is 366 g/mol. The normalized spacial score (nSPS) is 22.0. The first-order valence-electron chi connectivity index (χ1n) is 11.1. The fourth-order valence-corrected chi connectivity index (χ4v) is 4.67. The van der Waals surface area contributed by atoms with Gasteiger partial charge in [0.25, 0.3) is 0 Å². The number of ether oxygens (including phenoxy) is 1. The van der Waals surface area contributed by atoms with Gasteiger partial charge in [0.2, 0.25) is 11.8 Å². The Morgan fingerprint density at radius 3 is 2.14 bits per heavy atom. The van der Waals surface area contributed by atoms with Gasteiger partial charge < -0.3 is 19.9 Å². The summed E-state index contributed by atoms with van der Waals surface area (Å²) in [6, 6.07) is 8.29. The smallest absolute Gasteiger partial charge is 0.238 e. The Morgan fingerprint density at radius 2 is 1.59 bits per heavy atom. The minimum Gasteiger partial charge on any atom is -0.497 e. The van der Waals surface area contributed by atoms with E-state index in [0.29, 0.717) is 25.9 Å². The lowest BCUT2D eigenvalue weighted by atomic mass is 10.0. The molecule has 0 bridgehead atoms. The van der Waals surface area contributed by atoms with Crippen LogP contribution in [0.25, 0.3) is 0 Å². The van der Waals surface area contributed by atoms with Crippen LogP contribution < -0.4 is 15.0 Å². The Morgan fingerprint density at radius 1 is 0.966 bits per heavy atom. The Hall–Kier alpha value is -2.24. The predicted molar refractivity (Wildman–Crippen MR) is 113 cm³/mol. The quantitative estimate of drug-likeness (QED) is 0.611. The van der Waals surface area contributed by atoms with Crippen molar-refractivity contribution in [3.63, 3.8) is 0 Å². The molecule has 0 spiro atoms. The molecule has 1 aromatic carbocycles. The Bertz CT molecular complexity index is 713. The standard InChI is InChI=1S/C23H33N3O3/c1-29-20-10-8-19(9-11-20)25-14-16-26(17-15-25)22(28)23(12-13-23)21(27)24-18-6-4-2-3-5-7-18/h8-11,18H,2-7,12-17H2,1H3,(H,24,27). The van der Waals surface area contributed by atoms with Crippen molar-refractivity contribution < 1.29 is 14.3 Å². The van der Waals surface area contributed by atoms with E-state index < -0.39 is 5.41 Å². The van der Waals surface area contributed by atoms with Crippen LogP contribution in [-0.2, 0) is 9.59 Å². The third-order valence-electron chi connectivity index (χ3n) is 6.79. The maximum Gasteiger partial charge on any atom is 0.238 e. The molecule has 158 valence electrons. The number of benzene rings is 1. The van der Waals surface area contributed by atoms with Gasteiger partial charge in [0.15, 0.2) is 0 Å². The van der Waals surface area contributed by atoms with Gasteiger partial charge in [-0.15, -0.1) is 0 Å². The van der Waals surface area contributed by atoms with Crippen molar-refractivity contribution in [1.82, 2.24) is 10.2 Å². The average molecular weight is 400 g/mol. The van der Waals surface area contributed by atoms with E-state index >= 15 is 0 Å². The van der Waals surface area contributed by atoms with Crippen LogP contribution in [0.5, 0.6) is 5.75 Å². The maximum absolute atomic E-state index is 13.2. The summed E-state index contributed by atoms with van der Waals surface area (Å²) < 4.78 is 5.22. The number of hydrogen-bond acceptors (Lipinski definition) is 4. The highest BCUT2D eigenvalue weighted by Gasteiger charge is 2.58. The predicted octanol–water partition coefficient (Wildman–Crippen LogP) is 2.96. The first-order valence-corrected chi connectivity index (χ1v) is 11.1. The van der Waals surface area contributed by atoms with Crippen LogP contribution >= 0.6 is 0 Å². The van der Waals surface area contributed by atoms with Crippen molar-refractivity contribution in [2.75, 3.05) is 38.2 Å². The third-order valence-corrected chi connectivity index (χ3v) is 6.79. The van der Waals surface area contributed by atoms with Gasteiger partial charge in [-0.25, -0.2) is 0 Å². The van der Waals surface area contributed by atoms with Crippen LogP contribution in [-0.4, -0.2) is 56.0 Å². The zero-order valence-corrected chi connectivity index (χ0v) is 17.5. The minimum absolute atomic E-state index is 0.0213. The second kappa shape index (κ2) is 8.64. The summed E-state index contributed by atoms with van der Waals surface area (Å²) in [5.41, 5.74) is 0.361. The van der Waals surface area contributed by atoms with Gasteiger partial charge in [-0.05, 0) is 49.9 Å². The summed E-state index contributed by atoms with van der Waals surface area (Å²) in [6.07, 6.45) is 8.38. The lowest BCUT2D eigenvalue weighted by Crippen LogP contribution is -2.54. The summed E-state index contributed by atoms with van der Waals surface area (Å²) in [6.45, 7) is 2.92. The van der Waals surface area contributed by atoms with Crippen LogP contribution in [0.4, 0.5) is 5.69 Å². The van der Waals surface area contributed by atoms with Crippen molar-refractivity contribution in [2.45, 2.75) is 57.4 Å². The molecule has 29 heavy (non-hydrogen) atoms. The maximum atomic E-state index is 13.2. The molecule has 6 nitrogen and oxygen atoms in total. The number of methoxy groups -OCH3 is 1. The number of nitrogens with one attached hydrogen (secondary N) is 1. The molecule has 1 N–H and O–H groups in total. The van der Waals surface area contributed by atoms with Crippen LogP contribution in [0.1, 0.15) is 51.4 Å². The number of nitrogens with zero attached hydrogens (tertiary/aromatic N) is 2. The molecule has 4 rings (SSSR count). The molecule has 1 heterocycles. The first-order chi connectivity index (χ1) is 14.1. The highest BCUT2D eigenvalue weighted by Crippen LogP contribution is 2.48. The van der Waals surface area contributed by atoms with E-state index in [0.717, 1.165) is 37.4 Å². The topological polar surface area (TPSA) is 61.9 Å². The van der Waals surface area contributed by atoms with Gasteiger partial charge in [0, 0.05) is 37.9 Å². The number of carbonyl (C=O) groups is 2. The van der Waals surface area contributed by atoms with Gasteiger partial charge >= 0.3 is 0 Å². The van der Waals surface area contributed by atoms with Crippen molar-refractivity contribution in [1.29, 1.82) is 0 Å². The second-order valence-electron chi connectivity index (χ2n) is 8.72. The van der Waals surface area contributed by atoms with E-state index in [1.54, 1.807) is 7.11 Å². The molecule has 2 aliphatic carbocycles. The summed E-state index contributed by atoms with van der Waals surface area (Å²) in [5.74, 6) is 0.864. The number of piperazine rings is 1. The SMILES string of the molecule is COc1ccc(N2CCN(C(=O)C3(C(=O)NC4CCCCCC4)CC3)CC2)cc1. The lowest BCUT2D eigenvalue weighted by Gasteiger charge is -2.37. The molecule has 1 saturated heterocycles. The van der Waals surface area contributed by atoms with Gasteiger partial charge in [-0.2, -0.15) is 0 Å². The number of rotatable bonds is 5. The fraction of sp³-hybridized carbons (Fsp3) is 0.652. The van der Waals surface area contributed by atoms with Crippen molar-refractivity contribution in [3.05, 3.63) is 24.3 Å². The van der Waals surface area contributed by atoms with E-state index in [1.165, 1.54) is 25.7 Å². The molecule has 1 aliphatic heterocycles. The molecule has 0 radical (unpaired) electrons. The fourth-order valence-electron chi connectivity index (χ4n) is 4.67. The molecule has 0 atom stereocenters. The molecule has 3 fully saturated rings. The zero-order chi connectivity index (χ0) is 20.3. The Labute approximate surface area is 173 Å². The molecule has 2 saturated carbocycles. The zero-order valence-electron chi connectivity index (χ0n) is 17.5. The van der Waals surface area contributed by atoms with Crippen molar-refractivity contribution >= 4 is 17.5 Å². The van der Waals surface area contributed by atoms with Gasteiger partial charge in [0.05, 0.1) is 7.11 Å². The van der Waals surface area contributed by atoms with Crippen LogP contribution in [0.2, 0.25) is 0 Å². The number of anilines is 1. The summed E-state index contributed by atoms with van der Waals surface area (Å²) in [5, 5.41) is 3.22. The molecule has 6 heteroatoms. The van der Waals surface area contributed by atoms with E-state index in [4.69, 9.17) is 4.74 Å². The number of carbonyl (C=O) groups excluding carboxylic acids is 2. The molecular formula is C23H33N3O3. The van der Waals surface area contributed by atoms with E-state index in [1.807, 2.05) is 17.0 Å². The highest BCUT2D eigenvalue weighted by atomic mass is 16.5. The Kier molecular flexibility index (Phi) is 5.97. The van der Waals surface area contributed by atoms with Crippen LogP contribution in [0.15, 0.2) is 24.3 Å². The summed E-state index contributed by atoms with van der Waals surface area (Å²) in [7, 11) is 1.67. The van der Waals surface area contributed by atoms with Gasteiger partial charge in [0.1, 0.15) is 11.2 Å².